The van der Waals surface area contributed by atoms with E-state index in [1.807, 2.05) is 20.0 Å². The van der Waals surface area contributed by atoms with Crippen molar-refractivity contribution in [3.63, 3.8) is 0 Å². The zero-order valence-electron chi connectivity index (χ0n) is 14.3. The third-order valence-electron chi connectivity index (χ3n) is 3.58. The molecule has 0 saturated carbocycles. The van der Waals surface area contributed by atoms with Crippen LogP contribution in [0.5, 0.6) is 0 Å². The van der Waals surface area contributed by atoms with Crippen molar-refractivity contribution in [1.29, 1.82) is 5.26 Å². The smallest absolute Gasteiger partial charge is 0.191 e. The number of rotatable bonds is 5. The van der Waals surface area contributed by atoms with Crippen molar-refractivity contribution < 1.29 is 4.39 Å². The van der Waals surface area contributed by atoms with Crippen LogP contribution >= 0.6 is 47.2 Å². The first kappa shape index (κ1) is 22.5. The molecule has 2 rings (SSSR count). The number of benzene rings is 1. The fourth-order valence-electron chi connectivity index (χ4n) is 2.20. The third kappa shape index (κ3) is 5.76. The molecule has 1 aromatic carbocycles. The van der Waals surface area contributed by atoms with Crippen molar-refractivity contribution >= 4 is 53.1 Å². The van der Waals surface area contributed by atoms with E-state index in [-0.39, 0.29) is 36.3 Å². The lowest BCUT2D eigenvalue weighted by Gasteiger charge is -2.12. The van der Waals surface area contributed by atoms with E-state index in [4.69, 9.17) is 28.5 Å². The normalized spacial score (nSPS) is 10.8. The van der Waals surface area contributed by atoms with Crippen LogP contribution in [0.15, 0.2) is 29.3 Å². The second-order valence-electron chi connectivity index (χ2n) is 5.30. The van der Waals surface area contributed by atoms with Crippen molar-refractivity contribution in [2.75, 3.05) is 6.54 Å². The lowest BCUT2D eigenvalue weighted by atomic mass is 10.1. The van der Waals surface area contributed by atoms with E-state index < -0.39 is 0 Å². The van der Waals surface area contributed by atoms with Crippen molar-refractivity contribution in [1.82, 2.24) is 15.2 Å². The van der Waals surface area contributed by atoms with Gasteiger partial charge in [0.05, 0.1) is 29.7 Å². The summed E-state index contributed by atoms with van der Waals surface area (Å²) >= 11 is 12.1. The first-order chi connectivity index (χ1) is 12.0. The van der Waals surface area contributed by atoms with Gasteiger partial charge >= 0.3 is 0 Å². The number of guanidine groups is 1. The van der Waals surface area contributed by atoms with Crippen molar-refractivity contribution in [2.24, 2.45) is 12.0 Å². The molecule has 0 saturated heterocycles. The molecule has 0 atom stereocenters. The number of halogens is 4. The van der Waals surface area contributed by atoms with Crippen molar-refractivity contribution in [2.45, 2.75) is 20.0 Å². The van der Waals surface area contributed by atoms with Gasteiger partial charge in [-0.05, 0) is 31.2 Å². The summed E-state index contributed by atoms with van der Waals surface area (Å²) < 4.78 is 15.6. The maximum Gasteiger partial charge on any atom is 0.191 e. The van der Waals surface area contributed by atoms with Gasteiger partial charge in [0, 0.05) is 24.8 Å². The molecule has 2 N–H and O–H groups in total. The topological polar surface area (TPSA) is 65.1 Å². The van der Waals surface area contributed by atoms with Crippen LogP contribution < -0.4 is 10.6 Å². The molecule has 0 aliphatic carbocycles. The minimum absolute atomic E-state index is 0. The average Bonchev–Trinajstić information content (AvgIpc) is 2.85. The third-order valence-corrected chi connectivity index (χ3v) is 4.42. The number of nitrogens with one attached hydrogen (secondary N) is 2. The van der Waals surface area contributed by atoms with Gasteiger partial charge < -0.3 is 15.2 Å². The average molecular weight is 510 g/mol. The Hall–Kier alpha value is -1.50. The maximum absolute atomic E-state index is 13.8. The van der Waals surface area contributed by atoms with E-state index >= 15 is 0 Å². The number of nitriles is 1. The molecule has 0 aliphatic rings. The molecule has 0 amide bonds. The Balaban J connectivity index is 0.00000338. The molecule has 0 fully saturated rings. The second kappa shape index (κ2) is 10.6. The standard InChI is InChI=1S/C17H18Cl2FN5.HI/c1-3-22-17(24-10-13-7-14(18)16(19)25(13)2)23-9-12-6-11(8-21)4-5-15(12)20;/h4-7H,3,9-10H2,1-2H3,(H2,22,23,24);1H. The Labute approximate surface area is 179 Å². The molecule has 140 valence electrons. The van der Waals surface area contributed by atoms with Crippen LogP contribution in [0.3, 0.4) is 0 Å². The minimum atomic E-state index is -0.389. The Bertz CT molecular complexity index is 829. The summed E-state index contributed by atoms with van der Waals surface area (Å²) in [7, 11) is 1.82. The Morgan fingerprint density at radius 1 is 1.31 bits per heavy atom. The molecule has 0 bridgehead atoms. The zero-order chi connectivity index (χ0) is 18.4. The Morgan fingerprint density at radius 3 is 2.62 bits per heavy atom. The van der Waals surface area contributed by atoms with Gasteiger partial charge in [-0.15, -0.1) is 24.0 Å². The number of aliphatic imine (C=N–C) groups is 1. The largest absolute Gasteiger partial charge is 0.357 e. The lowest BCUT2D eigenvalue weighted by Crippen LogP contribution is -2.37. The first-order valence-electron chi connectivity index (χ1n) is 7.66. The highest BCUT2D eigenvalue weighted by atomic mass is 127. The van der Waals surface area contributed by atoms with Crippen molar-refractivity contribution in [3.8, 4) is 6.07 Å². The molecule has 0 aliphatic heterocycles. The molecule has 26 heavy (non-hydrogen) atoms. The second-order valence-corrected chi connectivity index (χ2v) is 6.07. The highest BCUT2D eigenvalue weighted by molar-refractivity contribution is 14.0. The Kier molecular flexibility index (Phi) is 9.19. The summed E-state index contributed by atoms with van der Waals surface area (Å²) in [5.74, 6) is 0.136. The zero-order valence-corrected chi connectivity index (χ0v) is 18.2. The van der Waals surface area contributed by atoms with Gasteiger partial charge in [-0.25, -0.2) is 9.38 Å². The predicted molar refractivity (Wildman–Crippen MR) is 114 cm³/mol. The summed E-state index contributed by atoms with van der Waals surface area (Å²) in [6, 6.07) is 7.98. The highest BCUT2D eigenvalue weighted by Crippen LogP contribution is 2.24. The summed E-state index contributed by atoms with van der Waals surface area (Å²) in [5, 5.41) is 16.1. The molecule has 0 spiro atoms. The van der Waals surface area contributed by atoms with Crippen LogP contribution in [0.2, 0.25) is 10.2 Å². The number of hydrogen-bond acceptors (Lipinski definition) is 2. The molecule has 0 radical (unpaired) electrons. The molecule has 1 aromatic heterocycles. The summed E-state index contributed by atoms with van der Waals surface area (Å²) in [6.45, 7) is 3.16. The SMILES string of the molecule is CCNC(=NCc1cc(C#N)ccc1F)NCc1cc(Cl)c(Cl)n1C.I. The van der Waals surface area contributed by atoms with E-state index in [0.717, 1.165) is 5.69 Å². The van der Waals surface area contributed by atoms with Crippen LogP contribution in [0, 0.1) is 17.1 Å². The van der Waals surface area contributed by atoms with Crippen LogP contribution in [0.25, 0.3) is 0 Å². The molecule has 0 unspecified atom stereocenters. The minimum Gasteiger partial charge on any atom is -0.357 e. The van der Waals surface area contributed by atoms with Gasteiger partial charge in [-0.3, -0.25) is 0 Å². The monoisotopic (exact) mass is 509 g/mol. The van der Waals surface area contributed by atoms with Crippen LogP contribution in [-0.2, 0) is 20.1 Å². The van der Waals surface area contributed by atoms with Crippen molar-refractivity contribution in [3.05, 3.63) is 57.1 Å². The number of aromatic nitrogens is 1. The van der Waals surface area contributed by atoms with E-state index in [1.165, 1.54) is 18.2 Å². The lowest BCUT2D eigenvalue weighted by molar-refractivity contribution is 0.610. The summed E-state index contributed by atoms with van der Waals surface area (Å²) in [4.78, 5) is 4.36. The van der Waals surface area contributed by atoms with E-state index in [2.05, 4.69) is 15.6 Å². The predicted octanol–water partition coefficient (Wildman–Crippen LogP) is 4.22. The van der Waals surface area contributed by atoms with Gasteiger partial charge in [-0.1, -0.05) is 23.2 Å². The molecular weight excluding hydrogens is 491 g/mol. The highest BCUT2D eigenvalue weighted by Gasteiger charge is 2.09. The molecule has 5 nitrogen and oxygen atoms in total. The summed E-state index contributed by atoms with van der Waals surface area (Å²) in [5.41, 5.74) is 1.65. The summed E-state index contributed by atoms with van der Waals surface area (Å²) in [6.07, 6.45) is 0. The molecule has 1 heterocycles. The van der Waals surface area contributed by atoms with Gasteiger partial charge in [0.15, 0.2) is 5.96 Å². The molecule has 2 aromatic rings. The van der Waals surface area contributed by atoms with Crippen LogP contribution in [0.4, 0.5) is 4.39 Å². The van der Waals surface area contributed by atoms with Crippen LogP contribution in [0.1, 0.15) is 23.7 Å². The van der Waals surface area contributed by atoms with E-state index in [9.17, 15) is 4.39 Å². The fourth-order valence-corrected chi connectivity index (χ4v) is 2.62. The first-order valence-corrected chi connectivity index (χ1v) is 8.42. The van der Waals surface area contributed by atoms with Gasteiger partial charge in [0.25, 0.3) is 0 Å². The number of nitrogens with zero attached hydrogens (tertiary/aromatic N) is 3. The number of hydrogen-bond donors (Lipinski definition) is 2. The van der Waals surface area contributed by atoms with Gasteiger partial charge in [0.1, 0.15) is 11.0 Å². The van der Waals surface area contributed by atoms with Gasteiger partial charge in [-0.2, -0.15) is 5.26 Å². The maximum atomic E-state index is 13.8. The van der Waals surface area contributed by atoms with Gasteiger partial charge in [0.2, 0.25) is 0 Å². The van der Waals surface area contributed by atoms with Crippen LogP contribution in [-0.4, -0.2) is 17.1 Å². The fraction of sp³-hybridized carbons (Fsp3) is 0.294. The molecule has 9 heteroatoms. The molecular formula is C17H19Cl2FIN5. The van der Waals surface area contributed by atoms with E-state index in [0.29, 0.717) is 40.4 Å². The van der Waals surface area contributed by atoms with E-state index in [1.54, 1.807) is 10.6 Å². The quantitative estimate of drug-likeness (QED) is 0.360. The Morgan fingerprint density at radius 2 is 2.04 bits per heavy atom.